The van der Waals surface area contributed by atoms with Crippen molar-refractivity contribution in [2.24, 2.45) is 0 Å². The van der Waals surface area contributed by atoms with Gasteiger partial charge in [-0.1, -0.05) is 0 Å². The number of ether oxygens (including phenoxy) is 2. The number of nitrogens with one attached hydrogen (secondary N) is 1. The summed E-state index contributed by atoms with van der Waals surface area (Å²) in [7, 11) is 1.68. The Morgan fingerprint density at radius 2 is 2.06 bits per heavy atom. The predicted octanol–water partition coefficient (Wildman–Crippen LogP) is 2.59. The molecule has 0 unspecified atom stereocenters. The number of rotatable bonds is 7. The maximum absolute atomic E-state index is 13.3. The van der Waals surface area contributed by atoms with Gasteiger partial charge in [0.15, 0.2) is 5.65 Å². The minimum atomic E-state index is -0.310. The second-order valence-electron chi connectivity index (χ2n) is 9.47. The first kappa shape index (κ1) is 23.3. The van der Waals surface area contributed by atoms with Crippen LogP contribution < -0.4 is 10.2 Å². The molecule has 0 bridgehead atoms. The van der Waals surface area contributed by atoms with Crippen LogP contribution in [0, 0.1) is 0 Å². The molecule has 1 fully saturated rings. The highest BCUT2D eigenvalue weighted by Gasteiger charge is 2.32. The fraction of sp³-hybridized carbons (Fsp3) is 0.440. The van der Waals surface area contributed by atoms with Crippen LogP contribution >= 0.6 is 0 Å². The lowest BCUT2D eigenvalue weighted by Crippen LogP contribution is -2.37. The summed E-state index contributed by atoms with van der Waals surface area (Å²) in [6.45, 7) is 7.67. The number of morpholine rings is 1. The molecule has 184 valence electrons. The van der Waals surface area contributed by atoms with Crippen LogP contribution in [-0.4, -0.2) is 76.9 Å². The van der Waals surface area contributed by atoms with Gasteiger partial charge in [0.2, 0.25) is 0 Å². The Morgan fingerprint density at radius 3 is 2.83 bits per heavy atom. The van der Waals surface area contributed by atoms with E-state index in [1.807, 2.05) is 30.9 Å². The van der Waals surface area contributed by atoms with Crippen molar-refractivity contribution in [3.05, 3.63) is 53.5 Å². The van der Waals surface area contributed by atoms with Crippen molar-refractivity contribution >= 4 is 28.8 Å². The number of anilines is 2. The molecule has 0 spiro atoms. The Morgan fingerprint density at radius 1 is 1.26 bits per heavy atom. The number of hydrogen-bond donors (Lipinski definition) is 1. The number of carbonyl (C=O) groups excluding carboxylic acids is 2. The third kappa shape index (κ3) is 4.59. The lowest BCUT2D eigenvalue weighted by atomic mass is 10.1. The molecular formula is C25H30N6O4. The normalized spacial score (nSPS) is 16.1. The van der Waals surface area contributed by atoms with Crippen LogP contribution in [0.3, 0.4) is 0 Å². The molecule has 1 saturated heterocycles. The number of carbonyl (C=O) groups is 2. The topological polar surface area (TPSA) is 101 Å². The monoisotopic (exact) mass is 478 g/mol. The summed E-state index contributed by atoms with van der Waals surface area (Å²) in [5.74, 6) is -0.290. The smallest absolute Gasteiger partial charge is 0.261 e. The Labute approximate surface area is 203 Å². The number of fused-ring (bicyclic) bond motifs is 2. The quantitative estimate of drug-likeness (QED) is 0.557. The molecular weight excluding hydrogens is 448 g/mol. The van der Waals surface area contributed by atoms with Gasteiger partial charge in [-0.2, -0.15) is 5.10 Å². The summed E-state index contributed by atoms with van der Waals surface area (Å²) in [6, 6.07) is 5.60. The number of methoxy groups -OCH3 is 1. The molecule has 5 rings (SSSR count). The van der Waals surface area contributed by atoms with E-state index in [-0.39, 0.29) is 17.4 Å². The number of hydrogen-bond acceptors (Lipinski definition) is 7. The molecule has 10 heteroatoms. The van der Waals surface area contributed by atoms with Gasteiger partial charge in [-0.25, -0.2) is 9.50 Å². The minimum Gasteiger partial charge on any atom is -0.379 e. The SMILES string of the molecule is COC(C)(C)CCN1Cc2cc(NC(=O)c3cnn4cccnc34)c(N3CCOCC3)cc2C1=O. The van der Waals surface area contributed by atoms with Crippen molar-refractivity contribution in [2.45, 2.75) is 32.4 Å². The molecule has 1 N–H and O–H groups in total. The summed E-state index contributed by atoms with van der Waals surface area (Å²) in [5, 5.41) is 7.29. The van der Waals surface area contributed by atoms with Gasteiger partial charge in [0.25, 0.3) is 11.8 Å². The Balaban J connectivity index is 1.45. The fourth-order valence-electron chi connectivity index (χ4n) is 4.44. The first-order valence-corrected chi connectivity index (χ1v) is 11.8. The number of nitrogens with zero attached hydrogens (tertiary/aromatic N) is 5. The van der Waals surface area contributed by atoms with Crippen molar-refractivity contribution in [3.63, 3.8) is 0 Å². The lowest BCUT2D eigenvalue weighted by Gasteiger charge is -2.31. The van der Waals surface area contributed by atoms with Crippen LogP contribution in [0.4, 0.5) is 11.4 Å². The van der Waals surface area contributed by atoms with E-state index >= 15 is 0 Å². The van der Waals surface area contributed by atoms with E-state index in [1.165, 1.54) is 6.20 Å². The van der Waals surface area contributed by atoms with E-state index in [0.717, 1.165) is 17.7 Å². The first-order chi connectivity index (χ1) is 16.9. The molecule has 1 aromatic carbocycles. The molecule has 35 heavy (non-hydrogen) atoms. The molecule has 2 aromatic heterocycles. The molecule has 2 aliphatic rings. The van der Waals surface area contributed by atoms with Crippen LogP contribution in [0.25, 0.3) is 5.65 Å². The molecule has 2 amide bonds. The molecule has 10 nitrogen and oxygen atoms in total. The van der Waals surface area contributed by atoms with Crippen LogP contribution in [0.15, 0.2) is 36.8 Å². The van der Waals surface area contributed by atoms with E-state index in [0.29, 0.717) is 61.9 Å². The van der Waals surface area contributed by atoms with Gasteiger partial charge in [0, 0.05) is 51.2 Å². The molecule has 0 atom stereocenters. The molecule has 2 aliphatic heterocycles. The van der Waals surface area contributed by atoms with Gasteiger partial charge in [-0.15, -0.1) is 0 Å². The summed E-state index contributed by atoms with van der Waals surface area (Å²) in [5.41, 5.74) is 3.62. The van der Waals surface area contributed by atoms with Gasteiger partial charge in [-0.3, -0.25) is 9.59 Å². The third-order valence-electron chi connectivity index (χ3n) is 6.76. The Hall–Kier alpha value is -3.50. The lowest BCUT2D eigenvalue weighted by molar-refractivity contribution is 0.00814. The van der Waals surface area contributed by atoms with Gasteiger partial charge in [-0.05, 0) is 44.0 Å². The fourth-order valence-corrected chi connectivity index (χ4v) is 4.44. The first-order valence-electron chi connectivity index (χ1n) is 11.8. The number of aromatic nitrogens is 3. The maximum atomic E-state index is 13.3. The summed E-state index contributed by atoms with van der Waals surface area (Å²) in [6.07, 6.45) is 5.62. The molecule has 4 heterocycles. The second kappa shape index (κ2) is 9.27. The van der Waals surface area contributed by atoms with E-state index < -0.39 is 0 Å². The molecule has 0 saturated carbocycles. The summed E-state index contributed by atoms with van der Waals surface area (Å²) >= 11 is 0. The van der Waals surface area contributed by atoms with Crippen molar-refractivity contribution in [1.82, 2.24) is 19.5 Å². The van der Waals surface area contributed by atoms with E-state index in [2.05, 4.69) is 20.3 Å². The molecule has 0 aliphatic carbocycles. The molecule has 0 radical (unpaired) electrons. The van der Waals surface area contributed by atoms with Gasteiger partial charge in [0.05, 0.1) is 36.4 Å². The maximum Gasteiger partial charge on any atom is 0.261 e. The minimum absolute atomic E-state index is 0.00566. The molecule has 3 aromatic rings. The average molecular weight is 479 g/mol. The third-order valence-corrected chi connectivity index (χ3v) is 6.76. The van der Waals surface area contributed by atoms with Crippen molar-refractivity contribution in [3.8, 4) is 0 Å². The predicted molar refractivity (Wildman–Crippen MR) is 131 cm³/mol. The van der Waals surface area contributed by atoms with Crippen molar-refractivity contribution in [1.29, 1.82) is 0 Å². The highest BCUT2D eigenvalue weighted by atomic mass is 16.5. The standard InChI is InChI=1S/C25H30N6O4/c1-25(2,34-3)5-8-30-16-17-13-20(21(14-18(17)24(30)33)29-9-11-35-12-10-29)28-23(32)19-15-27-31-7-4-6-26-22(19)31/h4,6-7,13-15H,5,8-12,16H2,1-3H3,(H,28,32). The van der Waals surface area contributed by atoms with Gasteiger partial charge < -0.3 is 24.6 Å². The van der Waals surface area contributed by atoms with Crippen LogP contribution in [-0.2, 0) is 16.0 Å². The van der Waals surface area contributed by atoms with E-state index in [9.17, 15) is 9.59 Å². The van der Waals surface area contributed by atoms with Crippen molar-refractivity contribution in [2.75, 3.05) is 50.2 Å². The van der Waals surface area contributed by atoms with E-state index in [4.69, 9.17) is 9.47 Å². The Bertz CT molecular complexity index is 1260. The zero-order valence-electron chi connectivity index (χ0n) is 20.3. The van der Waals surface area contributed by atoms with Crippen LogP contribution in [0.2, 0.25) is 0 Å². The zero-order valence-corrected chi connectivity index (χ0v) is 20.3. The van der Waals surface area contributed by atoms with Crippen molar-refractivity contribution < 1.29 is 19.1 Å². The van der Waals surface area contributed by atoms with Gasteiger partial charge >= 0.3 is 0 Å². The van der Waals surface area contributed by atoms with E-state index in [1.54, 1.807) is 30.1 Å². The highest BCUT2D eigenvalue weighted by molar-refractivity contribution is 6.10. The summed E-state index contributed by atoms with van der Waals surface area (Å²) < 4.78 is 12.6. The van der Waals surface area contributed by atoms with Crippen LogP contribution in [0.5, 0.6) is 0 Å². The number of benzene rings is 1. The zero-order chi connectivity index (χ0) is 24.6. The largest absolute Gasteiger partial charge is 0.379 e. The highest BCUT2D eigenvalue weighted by Crippen LogP contribution is 2.35. The average Bonchev–Trinajstić information content (AvgIpc) is 3.44. The van der Waals surface area contributed by atoms with Gasteiger partial charge in [0.1, 0.15) is 5.56 Å². The van der Waals surface area contributed by atoms with Crippen LogP contribution in [0.1, 0.15) is 46.5 Å². The Kier molecular flexibility index (Phi) is 6.16. The summed E-state index contributed by atoms with van der Waals surface area (Å²) in [4.78, 5) is 34.8. The number of amides is 2. The second-order valence-corrected chi connectivity index (χ2v) is 9.47.